The van der Waals surface area contributed by atoms with Gasteiger partial charge in [0.15, 0.2) is 12.5 Å². The Morgan fingerprint density at radius 1 is 1.24 bits per heavy atom. The van der Waals surface area contributed by atoms with E-state index in [1.54, 1.807) is 6.07 Å². The summed E-state index contributed by atoms with van der Waals surface area (Å²) in [4.78, 5) is 25.4. The monoisotopic (exact) mass is 361 g/mol. The van der Waals surface area contributed by atoms with Crippen molar-refractivity contribution in [2.75, 3.05) is 6.61 Å². The average molecular weight is 362 g/mol. The molecule has 1 unspecified atom stereocenters. The van der Waals surface area contributed by atoms with E-state index < -0.39 is 12.0 Å². The number of ether oxygens (including phenoxy) is 1. The third-order valence-electron chi connectivity index (χ3n) is 4.18. The second-order valence-corrected chi connectivity index (χ2v) is 6.34. The van der Waals surface area contributed by atoms with Crippen LogP contribution in [-0.4, -0.2) is 36.0 Å². The van der Waals surface area contributed by atoms with E-state index in [-0.39, 0.29) is 23.4 Å². The second kappa shape index (κ2) is 7.76. The third-order valence-corrected chi connectivity index (χ3v) is 4.49. The fourth-order valence-corrected chi connectivity index (χ4v) is 3.10. The van der Waals surface area contributed by atoms with Crippen molar-refractivity contribution in [3.05, 3.63) is 70.5 Å². The summed E-state index contributed by atoms with van der Waals surface area (Å²) in [5, 5.41) is 0.00780. The zero-order chi connectivity index (χ0) is 17.8. The van der Waals surface area contributed by atoms with E-state index in [1.165, 1.54) is 17.0 Å². The highest BCUT2D eigenvalue weighted by Crippen LogP contribution is 2.22. The lowest BCUT2D eigenvalue weighted by atomic mass is 10.0. The molecule has 130 valence electrons. The van der Waals surface area contributed by atoms with Crippen LogP contribution >= 0.6 is 11.6 Å². The number of amides is 1. The predicted octanol–water partition coefficient (Wildman–Crippen LogP) is 3.02. The molecular formula is C19H17ClFNO3. The smallest absolute Gasteiger partial charge is 0.229 e. The van der Waals surface area contributed by atoms with E-state index in [0.717, 1.165) is 5.56 Å². The molecule has 25 heavy (non-hydrogen) atoms. The lowest BCUT2D eigenvalue weighted by Crippen LogP contribution is -2.44. The Hall–Kier alpha value is -2.24. The summed E-state index contributed by atoms with van der Waals surface area (Å²) in [5.74, 6) is -0.852. The predicted molar refractivity (Wildman–Crippen MR) is 91.7 cm³/mol. The molecule has 0 bridgehead atoms. The van der Waals surface area contributed by atoms with Crippen molar-refractivity contribution in [1.29, 1.82) is 0 Å². The Kier molecular flexibility index (Phi) is 5.46. The number of nitrogens with zero attached hydrogens (tertiary/aromatic N) is 1. The van der Waals surface area contributed by atoms with Gasteiger partial charge in [-0.05, 0) is 29.7 Å². The van der Waals surface area contributed by atoms with Crippen LogP contribution in [0.15, 0.2) is 48.5 Å². The second-order valence-electron chi connectivity index (χ2n) is 5.93. The number of hydrogen-bond donors (Lipinski definition) is 0. The molecule has 6 heteroatoms. The molecule has 1 aliphatic heterocycles. The molecule has 1 fully saturated rings. The fraction of sp³-hybridized carbons (Fsp3) is 0.263. The minimum absolute atomic E-state index is 0.00780. The molecule has 0 radical (unpaired) electrons. The summed E-state index contributed by atoms with van der Waals surface area (Å²) < 4.78 is 19.0. The van der Waals surface area contributed by atoms with Gasteiger partial charge in [-0.2, -0.15) is 0 Å². The van der Waals surface area contributed by atoms with Crippen LogP contribution in [-0.2, 0) is 27.2 Å². The van der Waals surface area contributed by atoms with Crippen LogP contribution in [0.25, 0.3) is 0 Å². The Balaban J connectivity index is 1.76. The molecule has 1 amide bonds. The number of carbonyl (C=O) groups excluding carboxylic acids is 2. The van der Waals surface area contributed by atoms with Gasteiger partial charge in [0.05, 0.1) is 24.1 Å². The van der Waals surface area contributed by atoms with Gasteiger partial charge >= 0.3 is 0 Å². The van der Waals surface area contributed by atoms with Gasteiger partial charge in [0.1, 0.15) is 5.82 Å². The maximum atomic E-state index is 13.6. The van der Waals surface area contributed by atoms with Crippen LogP contribution in [0.1, 0.15) is 11.1 Å². The molecule has 4 nitrogen and oxygen atoms in total. The van der Waals surface area contributed by atoms with E-state index in [1.807, 2.05) is 30.3 Å². The van der Waals surface area contributed by atoms with Crippen molar-refractivity contribution in [3.63, 3.8) is 0 Å². The first kappa shape index (κ1) is 17.6. The van der Waals surface area contributed by atoms with Crippen LogP contribution in [0.2, 0.25) is 5.02 Å². The average Bonchev–Trinajstić information content (AvgIpc) is 3.02. The van der Waals surface area contributed by atoms with Gasteiger partial charge in [-0.15, -0.1) is 0 Å². The molecular weight excluding hydrogens is 345 g/mol. The Bertz CT molecular complexity index is 769. The molecule has 2 aromatic rings. The van der Waals surface area contributed by atoms with Gasteiger partial charge < -0.3 is 9.64 Å². The number of hydrogen-bond acceptors (Lipinski definition) is 3. The molecule has 0 aromatic heterocycles. The van der Waals surface area contributed by atoms with Crippen molar-refractivity contribution in [1.82, 2.24) is 4.90 Å². The Morgan fingerprint density at radius 3 is 2.68 bits per heavy atom. The summed E-state index contributed by atoms with van der Waals surface area (Å²) >= 11 is 5.67. The molecule has 1 saturated heterocycles. The summed E-state index contributed by atoms with van der Waals surface area (Å²) in [6, 6.07) is 13.7. The first-order valence-corrected chi connectivity index (χ1v) is 8.32. The number of aldehydes is 1. The lowest BCUT2D eigenvalue weighted by Gasteiger charge is -2.26. The highest BCUT2D eigenvalue weighted by atomic mass is 35.5. The first-order valence-electron chi connectivity index (χ1n) is 7.94. The van der Waals surface area contributed by atoms with Gasteiger partial charge in [0.25, 0.3) is 0 Å². The number of halogens is 2. The zero-order valence-corrected chi connectivity index (χ0v) is 14.2. The van der Waals surface area contributed by atoms with Crippen LogP contribution in [0.4, 0.5) is 4.39 Å². The number of benzene rings is 2. The number of rotatable bonds is 5. The quantitative estimate of drug-likeness (QED) is 0.769. The van der Waals surface area contributed by atoms with Gasteiger partial charge in [0.2, 0.25) is 5.91 Å². The molecule has 3 rings (SSSR count). The summed E-state index contributed by atoms with van der Waals surface area (Å²) in [6.45, 7) is 0.291. The molecule has 1 aliphatic rings. The van der Waals surface area contributed by atoms with E-state index in [9.17, 15) is 14.0 Å². The Labute approximate surface area is 150 Å². The van der Waals surface area contributed by atoms with Crippen molar-refractivity contribution >= 4 is 23.8 Å². The minimum Gasteiger partial charge on any atom is -0.349 e. The van der Waals surface area contributed by atoms with Crippen molar-refractivity contribution in [3.8, 4) is 0 Å². The fourth-order valence-electron chi connectivity index (χ4n) is 2.99. The molecule has 0 N–H and O–H groups in total. The largest absolute Gasteiger partial charge is 0.349 e. The van der Waals surface area contributed by atoms with Crippen molar-refractivity contribution in [2.24, 2.45) is 0 Å². The highest BCUT2D eigenvalue weighted by Gasteiger charge is 2.37. The van der Waals surface area contributed by atoms with E-state index >= 15 is 0 Å². The Morgan fingerprint density at radius 2 is 2.00 bits per heavy atom. The van der Waals surface area contributed by atoms with Gasteiger partial charge in [0, 0.05) is 0 Å². The minimum atomic E-state index is -0.904. The van der Waals surface area contributed by atoms with Crippen molar-refractivity contribution < 1.29 is 18.7 Å². The molecule has 1 heterocycles. The van der Waals surface area contributed by atoms with Gasteiger partial charge in [-0.3, -0.25) is 9.59 Å². The summed E-state index contributed by atoms with van der Waals surface area (Å²) in [5.41, 5.74) is 1.56. The maximum Gasteiger partial charge on any atom is 0.229 e. The zero-order valence-electron chi connectivity index (χ0n) is 13.4. The molecule has 2 aromatic carbocycles. The first-order chi connectivity index (χ1) is 12.1. The maximum absolute atomic E-state index is 13.6. The topological polar surface area (TPSA) is 46.6 Å². The normalized spacial score (nSPS) is 19.8. The molecule has 2 atom stereocenters. The van der Waals surface area contributed by atoms with Crippen LogP contribution in [0.3, 0.4) is 0 Å². The van der Waals surface area contributed by atoms with E-state index in [2.05, 4.69) is 0 Å². The van der Waals surface area contributed by atoms with Crippen LogP contribution in [0.5, 0.6) is 0 Å². The standard InChI is InChI=1S/C19H17ClFNO3/c20-16-7-6-14(9-17(16)21)10-18(24)22-15(12-25-19(22)11-23)8-13-4-2-1-3-5-13/h1-7,9,11,15,19H,8,10,12H2/t15-,19?/m1/s1. The van der Waals surface area contributed by atoms with Crippen LogP contribution < -0.4 is 0 Å². The van der Waals surface area contributed by atoms with E-state index in [4.69, 9.17) is 16.3 Å². The van der Waals surface area contributed by atoms with Gasteiger partial charge in [-0.1, -0.05) is 48.0 Å². The third kappa shape index (κ3) is 4.06. The SMILES string of the molecule is O=CC1OC[C@@H](Cc2ccccc2)N1C(=O)Cc1ccc(Cl)c(F)c1. The van der Waals surface area contributed by atoms with Crippen molar-refractivity contribution in [2.45, 2.75) is 25.1 Å². The molecule has 0 aliphatic carbocycles. The molecule has 0 spiro atoms. The molecule has 0 saturated carbocycles. The highest BCUT2D eigenvalue weighted by molar-refractivity contribution is 6.30. The lowest BCUT2D eigenvalue weighted by molar-refractivity contribution is -0.141. The summed E-state index contributed by atoms with van der Waals surface area (Å²) in [7, 11) is 0. The van der Waals surface area contributed by atoms with Gasteiger partial charge in [-0.25, -0.2) is 4.39 Å². The number of carbonyl (C=O) groups is 2. The van der Waals surface area contributed by atoms with E-state index in [0.29, 0.717) is 24.9 Å². The summed E-state index contributed by atoms with van der Waals surface area (Å²) in [6.07, 6.45) is 0.281. The van der Waals surface area contributed by atoms with Crippen LogP contribution in [0, 0.1) is 5.82 Å².